The second-order valence-electron chi connectivity index (χ2n) is 2.94. The highest BCUT2D eigenvalue weighted by molar-refractivity contribution is 6.20. The van der Waals surface area contributed by atoms with Gasteiger partial charge in [-0.05, 0) is 19.3 Å². The second-order valence-corrected chi connectivity index (χ2v) is 3.50. The van der Waals surface area contributed by atoms with Crippen molar-refractivity contribution < 1.29 is 4.74 Å². The molecule has 11 heavy (non-hydrogen) atoms. The van der Waals surface area contributed by atoms with Crippen LogP contribution >= 0.6 is 11.6 Å². The van der Waals surface area contributed by atoms with Crippen LogP contribution in [0.4, 0.5) is 0 Å². The molecular weight excluding hydrogens is 160 g/mol. The summed E-state index contributed by atoms with van der Waals surface area (Å²) in [5.74, 6) is 0.483. The SMILES string of the molecule is CCCC(Cl)C(C)COCC. The van der Waals surface area contributed by atoms with Gasteiger partial charge in [0, 0.05) is 12.0 Å². The summed E-state index contributed by atoms with van der Waals surface area (Å²) in [7, 11) is 0. The maximum absolute atomic E-state index is 6.09. The molecule has 0 aromatic heterocycles. The minimum absolute atomic E-state index is 0.284. The van der Waals surface area contributed by atoms with Crippen molar-refractivity contribution >= 4 is 11.6 Å². The Morgan fingerprint density at radius 3 is 2.45 bits per heavy atom. The number of alkyl halides is 1. The molecule has 0 bridgehead atoms. The van der Waals surface area contributed by atoms with E-state index in [1.807, 2.05) is 6.92 Å². The first-order chi connectivity index (χ1) is 5.22. The van der Waals surface area contributed by atoms with Crippen molar-refractivity contribution in [2.75, 3.05) is 13.2 Å². The largest absolute Gasteiger partial charge is 0.381 e. The average Bonchev–Trinajstić information content (AvgIpc) is 2.00. The summed E-state index contributed by atoms with van der Waals surface area (Å²) in [5.41, 5.74) is 0. The number of halogens is 1. The topological polar surface area (TPSA) is 9.23 Å². The molecule has 0 radical (unpaired) electrons. The number of hydrogen-bond acceptors (Lipinski definition) is 1. The molecule has 0 aliphatic heterocycles. The van der Waals surface area contributed by atoms with Crippen LogP contribution in [0.1, 0.15) is 33.6 Å². The molecular formula is C9H19ClO. The maximum Gasteiger partial charge on any atom is 0.0505 e. The highest BCUT2D eigenvalue weighted by Gasteiger charge is 2.12. The van der Waals surface area contributed by atoms with Crippen LogP contribution in [-0.2, 0) is 4.74 Å². The summed E-state index contributed by atoms with van der Waals surface area (Å²) in [6, 6.07) is 0. The molecule has 0 aromatic rings. The van der Waals surface area contributed by atoms with Crippen LogP contribution in [-0.4, -0.2) is 18.6 Å². The van der Waals surface area contributed by atoms with E-state index in [0.717, 1.165) is 26.1 Å². The number of ether oxygens (including phenoxy) is 1. The second kappa shape index (κ2) is 6.93. The van der Waals surface area contributed by atoms with Crippen LogP contribution in [0.25, 0.3) is 0 Å². The lowest BCUT2D eigenvalue weighted by Crippen LogP contribution is -2.17. The summed E-state index contributed by atoms with van der Waals surface area (Å²) in [4.78, 5) is 0. The van der Waals surface area contributed by atoms with Crippen molar-refractivity contribution in [3.63, 3.8) is 0 Å². The zero-order valence-electron chi connectivity index (χ0n) is 7.77. The van der Waals surface area contributed by atoms with Crippen LogP contribution in [0.5, 0.6) is 0 Å². The first-order valence-corrected chi connectivity index (χ1v) is 4.87. The molecule has 0 amide bonds. The molecule has 0 heterocycles. The summed E-state index contributed by atoms with van der Waals surface area (Å²) in [6.45, 7) is 7.90. The van der Waals surface area contributed by atoms with Gasteiger partial charge in [-0.1, -0.05) is 20.3 Å². The molecule has 0 aliphatic carbocycles. The fourth-order valence-electron chi connectivity index (χ4n) is 0.968. The molecule has 0 saturated heterocycles. The normalized spacial score (nSPS) is 16.4. The van der Waals surface area contributed by atoms with Crippen LogP contribution < -0.4 is 0 Å². The average molecular weight is 179 g/mol. The smallest absolute Gasteiger partial charge is 0.0505 e. The fourth-order valence-corrected chi connectivity index (χ4v) is 1.26. The van der Waals surface area contributed by atoms with Crippen molar-refractivity contribution in [2.24, 2.45) is 5.92 Å². The third kappa shape index (κ3) is 5.51. The zero-order chi connectivity index (χ0) is 8.69. The van der Waals surface area contributed by atoms with Gasteiger partial charge in [-0.3, -0.25) is 0 Å². The molecule has 0 saturated carbocycles. The summed E-state index contributed by atoms with van der Waals surface area (Å²) in [5, 5.41) is 0.284. The lowest BCUT2D eigenvalue weighted by atomic mass is 10.1. The number of hydrogen-bond donors (Lipinski definition) is 0. The van der Waals surface area contributed by atoms with Crippen molar-refractivity contribution in [2.45, 2.75) is 39.0 Å². The highest BCUT2D eigenvalue weighted by Crippen LogP contribution is 2.15. The lowest BCUT2D eigenvalue weighted by molar-refractivity contribution is 0.113. The van der Waals surface area contributed by atoms with Gasteiger partial charge in [0.1, 0.15) is 0 Å². The molecule has 2 unspecified atom stereocenters. The van der Waals surface area contributed by atoms with E-state index in [2.05, 4.69) is 13.8 Å². The van der Waals surface area contributed by atoms with Crippen molar-refractivity contribution in [1.82, 2.24) is 0 Å². The molecule has 68 valence electrons. The maximum atomic E-state index is 6.09. The lowest BCUT2D eigenvalue weighted by Gasteiger charge is -2.16. The van der Waals surface area contributed by atoms with Gasteiger partial charge in [0.05, 0.1) is 6.61 Å². The Labute approximate surface area is 75.1 Å². The summed E-state index contributed by atoms with van der Waals surface area (Å²) >= 11 is 6.09. The van der Waals surface area contributed by atoms with Gasteiger partial charge in [0.25, 0.3) is 0 Å². The van der Waals surface area contributed by atoms with Crippen LogP contribution in [0, 0.1) is 5.92 Å². The highest BCUT2D eigenvalue weighted by atomic mass is 35.5. The molecule has 0 N–H and O–H groups in total. The van der Waals surface area contributed by atoms with Gasteiger partial charge < -0.3 is 4.74 Å². The monoisotopic (exact) mass is 178 g/mol. The van der Waals surface area contributed by atoms with Crippen LogP contribution in [0.2, 0.25) is 0 Å². The third-order valence-corrected chi connectivity index (χ3v) is 2.42. The Hall–Kier alpha value is 0.250. The quantitative estimate of drug-likeness (QED) is 0.568. The molecule has 2 heteroatoms. The van der Waals surface area contributed by atoms with Gasteiger partial charge in [0.2, 0.25) is 0 Å². The fraction of sp³-hybridized carbons (Fsp3) is 1.00. The molecule has 2 atom stereocenters. The number of rotatable bonds is 6. The first-order valence-electron chi connectivity index (χ1n) is 4.44. The van der Waals surface area contributed by atoms with Crippen LogP contribution in [0.15, 0.2) is 0 Å². The van der Waals surface area contributed by atoms with Crippen molar-refractivity contribution in [3.05, 3.63) is 0 Å². The predicted octanol–water partition coefficient (Wildman–Crippen LogP) is 3.07. The Kier molecular flexibility index (Phi) is 7.09. The molecule has 0 aliphatic rings. The van der Waals surface area contributed by atoms with E-state index in [0.29, 0.717) is 5.92 Å². The summed E-state index contributed by atoms with van der Waals surface area (Å²) in [6.07, 6.45) is 2.25. The standard InChI is InChI=1S/C9H19ClO/c1-4-6-9(10)8(3)7-11-5-2/h8-9H,4-7H2,1-3H3. The molecule has 0 fully saturated rings. The minimum atomic E-state index is 0.284. The van der Waals surface area contributed by atoms with Gasteiger partial charge in [-0.25, -0.2) is 0 Å². The van der Waals surface area contributed by atoms with Crippen molar-refractivity contribution in [3.8, 4) is 0 Å². The van der Waals surface area contributed by atoms with E-state index in [9.17, 15) is 0 Å². The van der Waals surface area contributed by atoms with E-state index in [4.69, 9.17) is 16.3 Å². The molecule has 1 nitrogen and oxygen atoms in total. The van der Waals surface area contributed by atoms with Gasteiger partial charge in [-0.2, -0.15) is 0 Å². The zero-order valence-corrected chi connectivity index (χ0v) is 8.53. The molecule has 0 aromatic carbocycles. The summed E-state index contributed by atoms with van der Waals surface area (Å²) < 4.78 is 5.28. The van der Waals surface area contributed by atoms with E-state index in [1.54, 1.807) is 0 Å². The van der Waals surface area contributed by atoms with Gasteiger partial charge >= 0.3 is 0 Å². The van der Waals surface area contributed by atoms with Crippen molar-refractivity contribution in [1.29, 1.82) is 0 Å². The molecule has 0 rings (SSSR count). The third-order valence-electron chi connectivity index (χ3n) is 1.77. The van der Waals surface area contributed by atoms with E-state index >= 15 is 0 Å². The molecule has 0 spiro atoms. The van der Waals surface area contributed by atoms with Gasteiger partial charge in [0.15, 0.2) is 0 Å². The van der Waals surface area contributed by atoms with Gasteiger partial charge in [-0.15, -0.1) is 11.6 Å². The Balaban J connectivity index is 3.38. The Morgan fingerprint density at radius 1 is 1.36 bits per heavy atom. The minimum Gasteiger partial charge on any atom is -0.381 e. The first kappa shape index (κ1) is 11.2. The van der Waals surface area contributed by atoms with E-state index in [-0.39, 0.29) is 5.38 Å². The van der Waals surface area contributed by atoms with E-state index < -0.39 is 0 Å². The van der Waals surface area contributed by atoms with E-state index in [1.165, 1.54) is 0 Å². The Morgan fingerprint density at radius 2 is 2.00 bits per heavy atom. The Bertz CT molecular complexity index is 85.6. The van der Waals surface area contributed by atoms with Crippen LogP contribution in [0.3, 0.4) is 0 Å². The predicted molar refractivity (Wildman–Crippen MR) is 50.2 cm³/mol.